The SMILES string of the molecule is NC(=S)c1ccc(Cl)c(N2CCCS2(=O)=O)c1. The highest BCUT2D eigenvalue weighted by molar-refractivity contribution is 7.93. The maximum atomic E-state index is 11.8. The summed E-state index contributed by atoms with van der Waals surface area (Å²) in [5, 5.41) is 0.385. The summed E-state index contributed by atoms with van der Waals surface area (Å²) < 4.78 is 24.9. The first-order valence-electron chi connectivity index (χ1n) is 5.01. The molecule has 0 radical (unpaired) electrons. The largest absolute Gasteiger partial charge is 0.389 e. The zero-order valence-electron chi connectivity index (χ0n) is 8.89. The average Bonchev–Trinajstić information content (AvgIpc) is 2.58. The molecule has 0 aliphatic carbocycles. The van der Waals surface area contributed by atoms with Gasteiger partial charge in [-0.15, -0.1) is 0 Å². The van der Waals surface area contributed by atoms with E-state index in [4.69, 9.17) is 29.6 Å². The Morgan fingerprint density at radius 2 is 2.18 bits per heavy atom. The molecular weight excluding hydrogens is 280 g/mol. The van der Waals surface area contributed by atoms with Crippen LogP contribution in [-0.4, -0.2) is 25.7 Å². The van der Waals surface area contributed by atoms with E-state index in [0.717, 1.165) is 0 Å². The maximum Gasteiger partial charge on any atom is 0.235 e. The van der Waals surface area contributed by atoms with Gasteiger partial charge in [-0.3, -0.25) is 4.31 Å². The minimum absolute atomic E-state index is 0.153. The highest BCUT2D eigenvalue weighted by Crippen LogP contribution is 2.31. The molecule has 0 atom stereocenters. The van der Waals surface area contributed by atoms with Crippen LogP contribution in [0.15, 0.2) is 18.2 Å². The van der Waals surface area contributed by atoms with Gasteiger partial charge in [-0.2, -0.15) is 0 Å². The molecule has 4 nitrogen and oxygen atoms in total. The normalized spacial score (nSPS) is 18.3. The Hall–Kier alpha value is -0.850. The second-order valence-electron chi connectivity index (χ2n) is 3.77. The highest BCUT2D eigenvalue weighted by Gasteiger charge is 2.30. The fourth-order valence-corrected chi connectivity index (χ4v) is 3.74. The Labute approximate surface area is 110 Å². The van der Waals surface area contributed by atoms with E-state index in [2.05, 4.69) is 0 Å². The Morgan fingerprint density at radius 3 is 2.71 bits per heavy atom. The highest BCUT2D eigenvalue weighted by atomic mass is 35.5. The van der Waals surface area contributed by atoms with Crippen LogP contribution in [0.25, 0.3) is 0 Å². The first-order chi connectivity index (χ1) is 7.92. The van der Waals surface area contributed by atoms with Crippen molar-refractivity contribution < 1.29 is 8.42 Å². The molecule has 1 heterocycles. The molecule has 0 unspecified atom stereocenters. The van der Waals surface area contributed by atoms with Gasteiger partial charge in [0.2, 0.25) is 10.0 Å². The van der Waals surface area contributed by atoms with E-state index in [1.807, 2.05) is 0 Å². The van der Waals surface area contributed by atoms with Crippen molar-refractivity contribution in [3.8, 4) is 0 Å². The zero-order chi connectivity index (χ0) is 12.6. The predicted octanol–water partition coefficient (Wildman–Crippen LogP) is 1.51. The van der Waals surface area contributed by atoms with Crippen LogP contribution >= 0.6 is 23.8 Å². The van der Waals surface area contributed by atoms with Gasteiger partial charge in [0, 0.05) is 12.1 Å². The number of nitrogens with two attached hydrogens (primary N) is 1. The van der Waals surface area contributed by atoms with Gasteiger partial charge in [0.1, 0.15) is 4.99 Å². The van der Waals surface area contributed by atoms with Crippen molar-refractivity contribution >= 4 is 44.5 Å². The number of hydrogen-bond acceptors (Lipinski definition) is 3. The first kappa shape index (κ1) is 12.6. The van der Waals surface area contributed by atoms with Gasteiger partial charge >= 0.3 is 0 Å². The lowest BCUT2D eigenvalue weighted by Crippen LogP contribution is -2.25. The van der Waals surface area contributed by atoms with E-state index in [9.17, 15) is 8.42 Å². The van der Waals surface area contributed by atoms with Gasteiger partial charge in [0.05, 0.1) is 16.5 Å². The second-order valence-corrected chi connectivity index (χ2v) is 6.63. The quantitative estimate of drug-likeness (QED) is 0.839. The Morgan fingerprint density at radius 1 is 1.47 bits per heavy atom. The third-order valence-corrected chi connectivity index (χ3v) is 5.01. The maximum absolute atomic E-state index is 11.8. The molecule has 2 N–H and O–H groups in total. The summed E-state index contributed by atoms with van der Waals surface area (Å²) in [7, 11) is -3.24. The van der Waals surface area contributed by atoms with Crippen molar-refractivity contribution in [1.82, 2.24) is 0 Å². The van der Waals surface area contributed by atoms with Crippen LogP contribution in [0, 0.1) is 0 Å². The molecule has 1 aromatic rings. The monoisotopic (exact) mass is 290 g/mol. The number of hydrogen-bond donors (Lipinski definition) is 1. The number of thiocarbonyl (C=S) groups is 1. The van der Waals surface area contributed by atoms with Gasteiger partial charge in [-0.1, -0.05) is 29.9 Å². The smallest absolute Gasteiger partial charge is 0.235 e. The summed E-state index contributed by atoms with van der Waals surface area (Å²) >= 11 is 10.9. The van der Waals surface area contributed by atoms with Crippen LogP contribution in [0.1, 0.15) is 12.0 Å². The average molecular weight is 291 g/mol. The Kier molecular flexibility index (Phi) is 3.29. The molecule has 2 rings (SSSR count). The second kappa shape index (κ2) is 4.44. The molecule has 17 heavy (non-hydrogen) atoms. The van der Waals surface area contributed by atoms with Crippen LogP contribution in [0.3, 0.4) is 0 Å². The first-order valence-corrected chi connectivity index (χ1v) is 7.41. The van der Waals surface area contributed by atoms with Crippen LogP contribution in [-0.2, 0) is 10.0 Å². The van der Waals surface area contributed by atoms with Gasteiger partial charge < -0.3 is 5.73 Å². The van der Waals surface area contributed by atoms with Crippen molar-refractivity contribution in [1.29, 1.82) is 0 Å². The van der Waals surface area contributed by atoms with E-state index >= 15 is 0 Å². The summed E-state index contributed by atoms with van der Waals surface area (Å²) in [5.74, 6) is 0.153. The lowest BCUT2D eigenvalue weighted by molar-refractivity contribution is 0.599. The van der Waals surface area contributed by atoms with Gasteiger partial charge in [-0.25, -0.2) is 8.42 Å². The minimum Gasteiger partial charge on any atom is -0.389 e. The Bertz CT molecular complexity index is 572. The molecule has 1 aliphatic heterocycles. The zero-order valence-corrected chi connectivity index (χ0v) is 11.3. The van der Waals surface area contributed by atoms with Crippen molar-refractivity contribution in [3.05, 3.63) is 28.8 Å². The molecule has 1 aromatic carbocycles. The van der Waals surface area contributed by atoms with Crippen molar-refractivity contribution in [2.24, 2.45) is 5.73 Å². The molecule has 0 amide bonds. The van der Waals surface area contributed by atoms with Crippen molar-refractivity contribution in [2.75, 3.05) is 16.6 Å². The molecule has 1 aliphatic rings. The van der Waals surface area contributed by atoms with Crippen LogP contribution in [0.5, 0.6) is 0 Å². The predicted molar refractivity (Wildman–Crippen MR) is 73.1 cm³/mol. The molecule has 0 saturated carbocycles. The molecule has 1 saturated heterocycles. The van der Waals surface area contributed by atoms with E-state index in [0.29, 0.717) is 29.2 Å². The molecule has 92 valence electrons. The molecule has 0 spiro atoms. The van der Waals surface area contributed by atoms with Crippen LogP contribution in [0.2, 0.25) is 5.02 Å². The number of halogens is 1. The fourth-order valence-electron chi connectivity index (χ4n) is 1.77. The van der Waals surface area contributed by atoms with Crippen molar-refractivity contribution in [2.45, 2.75) is 6.42 Å². The summed E-state index contributed by atoms with van der Waals surface area (Å²) in [6.45, 7) is 0.447. The summed E-state index contributed by atoms with van der Waals surface area (Å²) in [6, 6.07) is 4.91. The molecule has 1 fully saturated rings. The minimum atomic E-state index is -3.24. The summed E-state index contributed by atoms with van der Waals surface area (Å²) in [6.07, 6.45) is 0.607. The fraction of sp³-hybridized carbons (Fsp3) is 0.300. The summed E-state index contributed by atoms with van der Waals surface area (Å²) in [5.41, 5.74) is 6.59. The van der Waals surface area contributed by atoms with E-state index in [-0.39, 0.29) is 10.7 Å². The number of nitrogens with zero attached hydrogens (tertiary/aromatic N) is 1. The van der Waals surface area contributed by atoms with Crippen LogP contribution < -0.4 is 10.0 Å². The number of anilines is 1. The molecule has 0 aromatic heterocycles. The van der Waals surface area contributed by atoms with E-state index < -0.39 is 10.0 Å². The van der Waals surface area contributed by atoms with Crippen molar-refractivity contribution in [3.63, 3.8) is 0 Å². The van der Waals surface area contributed by atoms with E-state index in [1.54, 1.807) is 18.2 Å². The number of rotatable bonds is 2. The molecule has 0 bridgehead atoms. The van der Waals surface area contributed by atoms with Gasteiger partial charge in [0.15, 0.2) is 0 Å². The topological polar surface area (TPSA) is 63.4 Å². The standard InChI is InChI=1S/C10H11ClN2O2S2/c11-8-3-2-7(10(12)16)6-9(8)13-4-1-5-17(13,14)15/h2-3,6H,1,4-5H2,(H2,12,16). The van der Waals surface area contributed by atoms with E-state index in [1.165, 1.54) is 4.31 Å². The third kappa shape index (κ3) is 2.38. The lowest BCUT2D eigenvalue weighted by Gasteiger charge is -2.19. The van der Waals surface area contributed by atoms with Crippen LogP contribution in [0.4, 0.5) is 5.69 Å². The number of sulfonamides is 1. The molecular formula is C10H11ClN2O2S2. The molecule has 7 heteroatoms. The number of benzene rings is 1. The van der Waals surface area contributed by atoms with Gasteiger partial charge in [0.25, 0.3) is 0 Å². The lowest BCUT2D eigenvalue weighted by atomic mass is 10.2. The van der Waals surface area contributed by atoms with Gasteiger partial charge in [-0.05, 0) is 18.6 Å². The third-order valence-electron chi connectivity index (χ3n) is 2.60. The Balaban J connectivity index is 2.51. The summed E-state index contributed by atoms with van der Waals surface area (Å²) in [4.78, 5) is 0.222.